The van der Waals surface area contributed by atoms with Crippen molar-refractivity contribution >= 4 is 79.6 Å². The minimum atomic E-state index is -0.447. The number of fused-ring (bicyclic) bond motifs is 2. The number of rotatable bonds is 13. The fraction of sp³-hybridized carbons (Fsp3) is 0. The normalized spacial score (nSPS) is 11.9. The van der Waals surface area contributed by atoms with Gasteiger partial charge in [0.05, 0.1) is 22.5 Å². The zero-order chi connectivity index (χ0) is 44.1. The summed E-state index contributed by atoms with van der Waals surface area (Å²) < 4.78 is 0. The third-order valence-electron chi connectivity index (χ3n) is 9.99. The Balaban J connectivity index is 0.853. The van der Waals surface area contributed by atoms with E-state index in [0.717, 1.165) is 21.9 Å². The number of azo groups is 2. The number of nitrogens with zero attached hydrogens (tertiary/aromatic N) is 4. The van der Waals surface area contributed by atoms with Gasteiger partial charge in [-0.3, -0.25) is 9.59 Å². The number of nitrogens with one attached hydrogen (secondary N) is 2. The average molecular weight is 837 g/mol. The zero-order valence-corrected chi connectivity index (χ0v) is 34.3. The van der Waals surface area contributed by atoms with Gasteiger partial charge in [-0.05, 0) is 82.6 Å². The molecule has 0 aliphatic carbocycles. The number of amides is 2. The van der Waals surface area contributed by atoms with E-state index >= 15 is 0 Å². The number of carbonyl (C=O) groups is 2. The van der Waals surface area contributed by atoms with E-state index < -0.39 is 11.8 Å². The Labute approximate surface area is 369 Å². The predicted octanol–water partition coefficient (Wildman–Crippen LogP) is 14.6. The molecular weight excluding hydrogens is 797 g/mol. The van der Waals surface area contributed by atoms with Crippen molar-refractivity contribution < 1.29 is 19.8 Å². The molecule has 0 atom stereocenters. The lowest BCUT2D eigenvalue weighted by Crippen LogP contribution is -2.12. The van der Waals surface area contributed by atoms with Crippen molar-refractivity contribution in [2.45, 2.75) is 0 Å². The van der Waals surface area contributed by atoms with Crippen LogP contribution in [0.5, 0.6) is 11.5 Å². The number of para-hydroxylation sites is 2. The van der Waals surface area contributed by atoms with Gasteiger partial charge in [0.25, 0.3) is 11.8 Å². The average Bonchev–Trinajstić information content (AvgIpc) is 3.33. The first-order valence-corrected chi connectivity index (χ1v) is 20.3. The highest BCUT2D eigenvalue weighted by Gasteiger charge is 2.20. The quantitative estimate of drug-likeness (QED) is 0.0676. The second kappa shape index (κ2) is 20.0. The molecule has 8 rings (SSSR count). The molecule has 10 heteroatoms. The van der Waals surface area contributed by atoms with Crippen LogP contribution in [0.1, 0.15) is 31.8 Å². The third kappa shape index (κ3) is 10.3. The van der Waals surface area contributed by atoms with Crippen LogP contribution in [0.4, 0.5) is 34.1 Å². The summed E-state index contributed by atoms with van der Waals surface area (Å²) in [7, 11) is 0. The van der Waals surface area contributed by atoms with E-state index in [1.165, 1.54) is 0 Å². The second-order valence-electron chi connectivity index (χ2n) is 14.4. The number of allylic oxidation sites excluding steroid dienone is 6. The summed E-state index contributed by atoms with van der Waals surface area (Å²) in [5.74, 6) is -1.38. The van der Waals surface area contributed by atoms with Crippen LogP contribution in [0.3, 0.4) is 0 Å². The van der Waals surface area contributed by atoms with E-state index in [2.05, 4.69) is 31.1 Å². The van der Waals surface area contributed by atoms with Crippen molar-refractivity contribution in [2.75, 3.05) is 10.6 Å². The molecule has 0 unspecified atom stereocenters. The molecule has 4 N–H and O–H groups in total. The van der Waals surface area contributed by atoms with Crippen LogP contribution in [-0.2, 0) is 0 Å². The van der Waals surface area contributed by atoms with E-state index in [1.54, 1.807) is 36.4 Å². The largest absolute Gasteiger partial charge is 0.505 e. The van der Waals surface area contributed by atoms with Crippen LogP contribution >= 0.6 is 0 Å². The topological polar surface area (TPSA) is 148 Å². The Morgan fingerprint density at radius 3 is 1.17 bits per heavy atom. The number of phenolic OH excluding ortho intramolecular Hbond substituents is 2. The summed E-state index contributed by atoms with van der Waals surface area (Å²) in [4.78, 5) is 26.3. The van der Waals surface area contributed by atoms with Crippen molar-refractivity contribution in [2.24, 2.45) is 20.5 Å². The summed E-state index contributed by atoms with van der Waals surface area (Å²) in [6.07, 6.45) is 15.5. The lowest BCUT2D eigenvalue weighted by atomic mass is 10.0. The molecular formula is C54H40N6O4. The number of hydrogen-bond acceptors (Lipinski definition) is 8. The Morgan fingerprint density at radius 2 is 0.766 bits per heavy atom. The molecule has 8 aromatic carbocycles. The first kappa shape index (κ1) is 41.7. The van der Waals surface area contributed by atoms with Crippen LogP contribution in [0.25, 0.3) is 33.7 Å². The van der Waals surface area contributed by atoms with Gasteiger partial charge in [-0.15, -0.1) is 10.2 Å². The van der Waals surface area contributed by atoms with Gasteiger partial charge in [-0.25, -0.2) is 0 Å². The summed E-state index contributed by atoms with van der Waals surface area (Å²) in [5, 5.41) is 48.4. The lowest BCUT2D eigenvalue weighted by Gasteiger charge is -2.11. The van der Waals surface area contributed by atoms with E-state index in [0.29, 0.717) is 33.5 Å². The number of benzene rings is 8. The maximum Gasteiger partial charge on any atom is 0.259 e. The van der Waals surface area contributed by atoms with Gasteiger partial charge < -0.3 is 20.8 Å². The number of phenols is 2. The molecule has 0 aromatic heterocycles. The zero-order valence-electron chi connectivity index (χ0n) is 34.3. The van der Waals surface area contributed by atoms with Crippen molar-refractivity contribution in [1.82, 2.24) is 0 Å². The summed E-state index contributed by atoms with van der Waals surface area (Å²) >= 11 is 0. The van der Waals surface area contributed by atoms with Crippen LogP contribution in [-0.4, -0.2) is 22.0 Å². The van der Waals surface area contributed by atoms with E-state index in [-0.39, 0.29) is 34.0 Å². The summed E-state index contributed by atoms with van der Waals surface area (Å²) in [6, 6.07) is 51.2. The van der Waals surface area contributed by atoms with Gasteiger partial charge in [-0.1, -0.05) is 158 Å². The lowest BCUT2D eigenvalue weighted by molar-refractivity contribution is 0.101. The fourth-order valence-electron chi connectivity index (χ4n) is 6.73. The molecule has 0 saturated carbocycles. The predicted molar refractivity (Wildman–Crippen MR) is 258 cm³/mol. The molecule has 310 valence electrons. The number of anilines is 2. The molecule has 10 nitrogen and oxygen atoms in total. The molecule has 0 heterocycles. The maximum atomic E-state index is 13.1. The molecule has 0 fully saturated rings. The van der Waals surface area contributed by atoms with Crippen LogP contribution in [0, 0.1) is 0 Å². The molecule has 64 heavy (non-hydrogen) atoms. The SMILES string of the molecule is O=C(Nc1ccccc1)c1cc2ccccc2c(N=Nc2ccc(C=CC=CC=CC=Cc3ccc(N=Nc4c(O)c(C(=O)Nc5ccccc5)cc5ccccc45)cc3)cc2)c1O. The van der Waals surface area contributed by atoms with Crippen molar-refractivity contribution in [3.8, 4) is 11.5 Å². The van der Waals surface area contributed by atoms with Gasteiger partial charge in [0.15, 0.2) is 11.5 Å². The van der Waals surface area contributed by atoms with Crippen LogP contribution < -0.4 is 10.6 Å². The Hall–Kier alpha value is -9.02. The number of hydrogen-bond donors (Lipinski definition) is 4. The molecule has 8 aromatic rings. The van der Waals surface area contributed by atoms with Gasteiger partial charge in [-0.2, -0.15) is 10.2 Å². The highest BCUT2D eigenvalue weighted by molar-refractivity contribution is 6.12. The van der Waals surface area contributed by atoms with Crippen molar-refractivity contribution in [1.29, 1.82) is 0 Å². The van der Waals surface area contributed by atoms with E-state index in [9.17, 15) is 19.8 Å². The van der Waals surface area contributed by atoms with Gasteiger partial charge in [0.1, 0.15) is 11.4 Å². The molecule has 0 radical (unpaired) electrons. The smallest absolute Gasteiger partial charge is 0.259 e. The maximum absolute atomic E-state index is 13.1. The summed E-state index contributed by atoms with van der Waals surface area (Å²) in [5.41, 5.74) is 4.98. The molecule has 2 amide bonds. The first-order valence-electron chi connectivity index (χ1n) is 20.3. The van der Waals surface area contributed by atoms with Crippen molar-refractivity contribution in [3.05, 3.63) is 229 Å². The number of aromatic hydroxyl groups is 2. The highest BCUT2D eigenvalue weighted by atomic mass is 16.3. The van der Waals surface area contributed by atoms with Crippen LogP contribution in [0.2, 0.25) is 0 Å². The van der Waals surface area contributed by atoms with Gasteiger partial charge in [0.2, 0.25) is 0 Å². The first-order chi connectivity index (χ1) is 31.4. The van der Waals surface area contributed by atoms with Crippen LogP contribution in [0.15, 0.2) is 227 Å². The minimum Gasteiger partial charge on any atom is -0.505 e. The third-order valence-corrected chi connectivity index (χ3v) is 9.99. The standard InChI is InChI=1S/C54H40N6O4/c61-51-47(53(63)55-41-21-9-5-10-22-41)35-39-19-13-15-25-45(39)49(51)59-57-43-31-27-37(28-32-43)17-7-3-1-2-4-8-18-38-29-33-44(34-30-38)58-60-50-46-26-16-14-20-40(46)36-48(52(50)62)54(64)56-42-23-11-6-12-24-42/h1-36,61-62H,(H,55,63)(H,56,64). The van der Waals surface area contributed by atoms with Gasteiger partial charge in [0, 0.05) is 22.1 Å². The second-order valence-corrected chi connectivity index (χ2v) is 14.4. The Morgan fingerprint density at radius 1 is 0.406 bits per heavy atom. The Kier molecular flexibility index (Phi) is 13.0. The Bertz CT molecular complexity index is 2920. The fourth-order valence-corrected chi connectivity index (χ4v) is 6.73. The minimum absolute atomic E-state index is 0.104. The summed E-state index contributed by atoms with van der Waals surface area (Å²) in [6.45, 7) is 0. The monoisotopic (exact) mass is 836 g/mol. The molecule has 0 spiro atoms. The van der Waals surface area contributed by atoms with E-state index in [4.69, 9.17) is 0 Å². The number of carbonyl (C=O) groups excluding carboxylic acids is 2. The van der Waals surface area contributed by atoms with E-state index in [1.807, 2.05) is 182 Å². The highest BCUT2D eigenvalue weighted by Crippen LogP contribution is 2.41. The molecule has 0 saturated heterocycles. The van der Waals surface area contributed by atoms with Crippen molar-refractivity contribution in [3.63, 3.8) is 0 Å². The molecule has 0 aliphatic heterocycles. The molecule has 0 aliphatic rings. The molecule has 0 bridgehead atoms. The van der Waals surface area contributed by atoms with Gasteiger partial charge >= 0.3 is 0 Å².